The first-order valence-electron chi connectivity index (χ1n) is 4.29. The van der Waals surface area contributed by atoms with Gasteiger partial charge in [0, 0.05) is 0 Å². The second kappa shape index (κ2) is 2.69. The van der Waals surface area contributed by atoms with Gasteiger partial charge in [-0.2, -0.15) is 0 Å². The van der Waals surface area contributed by atoms with Gasteiger partial charge in [-0.25, -0.2) is 0 Å². The average molecular weight is 145 g/mol. The van der Waals surface area contributed by atoms with Gasteiger partial charge < -0.3 is 0 Å². The molecule has 0 saturated carbocycles. The summed E-state index contributed by atoms with van der Waals surface area (Å²) in [7, 11) is 0. The summed E-state index contributed by atoms with van der Waals surface area (Å²) in [6.07, 6.45) is 6.21. The summed E-state index contributed by atoms with van der Waals surface area (Å²) in [5.74, 6) is 0. The predicted octanol–water partition coefficient (Wildman–Crippen LogP) is 2.88. The van der Waals surface area contributed by atoms with E-state index in [9.17, 15) is 0 Å². The van der Waals surface area contributed by atoms with Crippen LogP contribution in [0.2, 0.25) is 0 Å². The minimum atomic E-state index is 1.26. The number of hydrogen-bond acceptors (Lipinski definition) is 0. The van der Waals surface area contributed by atoms with Crippen molar-refractivity contribution in [3.05, 3.63) is 41.3 Å². The second-order valence-corrected chi connectivity index (χ2v) is 3.30. The van der Waals surface area contributed by atoms with Crippen molar-refractivity contribution in [3.63, 3.8) is 0 Å². The van der Waals surface area contributed by atoms with Gasteiger partial charge >= 0.3 is 0 Å². The molecule has 57 valence electrons. The number of fused-ring (bicyclic) bond motifs is 1. The van der Waals surface area contributed by atoms with Gasteiger partial charge in [0.2, 0.25) is 0 Å². The van der Waals surface area contributed by atoms with Crippen molar-refractivity contribution in [3.8, 4) is 0 Å². The van der Waals surface area contributed by atoms with Gasteiger partial charge in [-0.3, -0.25) is 0 Å². The van der Waals surface area contributed by atoms with Crippen LogP contribution in [0.5, 0.6) is 0 Å². The Morgan fingerprint density at radius 2 is 2.18 bits per heavy atom. The molecule has 0 fully saturated rings. The first kappa shape index (κ1) is 6.90. The van der Waals surface area contributed by atoms with E-state index in [1.54, 1.807) is 0 Å². The van der Waals surface area contributed by atoms with E-state index in [0.717, 1.165) is 0 Å². The lowest BCUT2D eigenvalue weighted by molar-refractivity contribution is 0.774. The lowest BCUT2D eigenvalue weighted by Crippen LogP contribution is -2.00. The third kappa shape index (κ3) is 1.30. The summed E-state index contributed by atoms with van der Waals surface area (Å²) in [6.45, 7) is 2.16. The lowest BCUT2D eigenvalue weighted by Gasteiger charge is -2.14. The van der Waals surface area contributed by atoms with Crippen LogP contribution in [0.4, 0.5) is 0 Å². The normalized spacial score (nSPS) is 16.1. The molecule has 0 bridgehead atoms. The maximum atomic E-state index is 2.35. The van der Waals surface area contributed by atoms with Crippen molar-refractivity contribution in [2.75, 3.05) is 0 Å². The van der Waals surface area contributed by atoms with E-state index in [1.807, 2.05) is 0 Å². The summed E-state index contributed by atoms with van der Waals surface area (Å²) in [5.41, 5.74) is 4.38. The molecule has 11 heavy (non-hydrogen) atoms. The summed E-state index contributed by atoms with van der Waals surface area (Å²) in [5, 5.41) is 0. The van der Waals surface area contributed by atoms with E-state index in [2.05, 4.69) is 31.5 Å². The molecule has 0 unspecified atom stereocenters. The van der Waals surface area contributed by atoms with Crippen molar-refractivity contribution < 1.29 is 0 Å². The van der Waals surface area contributed by atoms with Crippen LogP contribution >= 0.6 is 0 Å². The molecular formula is C11H13. The van der Waals surface area contributed by atoms with Crippen molar-refractivity contribution in [1.82, 2.24) is 0 Å². The molecule has 0 atom stereocenters. The molecule has 0 amide bonds. The van der Waals surface area contributed by atoms with E-state index in [1.165, 1.54) is 36.0 Å². The van der Waals surface area contributed by atoms with E-state index in [4.69, 9.17) is 0 Å². The molecule has 0 saturated heterocycles. The Morgan fingerprint density at radius 3 is 3.09 bits per heavy atom. The van der Waals surface area contributed by atoms with Crippen LogP contribution in [0.25, 0.3) is 0 Å². The molecule has 1 aliphatic carbocycles. The molecule has 0 aromatic heterocycles. The average Bonchev–Trinajstić information content (AvgIpc) is 2.04. The third-order valence-corrected chi connectivity index (χ3v) is 2.32. The molecule has 2 rings (SSSR count). The topological polar surface area (TPSA) is 0 Å². The van der Waals surface area contributed by atoms with E-state index in [-0.39, 0.29) is 0 Å². The van der Waals surface area contributed by atoms with Gasteiger partial charge in [0.05, 0.1) is 0 Å². The number of benzene rings is 1. The monoisotopic (exact) mass is 145 g/mol. The Hall–Kier alpha value is -0.780. The Kier molecular flexibility index (Phi) is 1.69. The largest absolute Gasteiger partial charge is 0.0590 e. The fourth-order valence-corrected chi connectivity index (χ4v) is 1.68. The predicted molar refractivity (Wildman–Crippen MR) is 47.5 cm³/mol. The van der Waals surface area contributed by atoms with Crippen molar-refractivity contribution in [2.24, 2.45) is 0 Å². The van der Waals surface area contributed by atoms with Crippen LogP contribution in [-0.4, -0.2) is 0 Å². The summed E-state index contributed by atoms with van der Waals surface area (Å²) < 4.78 is 0. The molecule has 0 heteroatoms. The second-order valence-electron chi connectivity index (χ2n) is 3.30. The number of rotatable bonds is 0. The summed E-state index contributed by atoms with van der Waals surface area (Å²) in [6, 6.07) is 6.76. The zero-order valence-electron chi connectivity index (χ0n) is 6.93. The molecule has 1 aromatic carbocycles. The van der Waals surface area contributed by atoms with Gasteiger partial charge in [0.25, 0.3) is 0 Å². The van der Waals surface area contributed by atoms with Gasteiger partial charge in [0.1, 0.15) is 0 Å². The van der Waals surface area contributed by atoms with Crippen LogP contribution in [0, 0.1) is 13.3 Å². The standard InChI is InChI=1S/C11H13/c1-9-6-7-10-4-2-3-5-11(10)8-9/h5-8H,2-4H2,1H3. The molecule has 0 nitrogen and oxygen atoms in total. The fraction of sp³-hybridized carbons (Fsp3) is 0.364. The molecule has 0 spiro atoms. The zero-order valence-corrected chi connectivity index (χ0v) is 6.93. The summed E-state index contributed by atoms with van der Waals surface area (Å²) in [4.78, 5) is 0. The highest BCUT2D eigenvalue weighted by atomic mass is 14.1. The van der Waals surface area contributed by atoms with E-state index < -0.39 is 0 Å². The molecule has 0 N–H and O–H groups in total. The quantitative estimate of drug-likeness (QED) is 0.526. The number of aryl methyl sites for hydroxylation is 2. The first-order valence-corrected chi connectivity index (χ1v) is 4.29. The lowest BCUT2D eigenvalue weighted by atomic mass is 9.91. The highest BCUT2D eigenvalue weighted by Gasteiger charge is 2.07. The third-order valence-electron chi connectivity index (χ3n) is 2.32. The van der Waals surface area contributed by atoms with E-state index in [0.29, 0.717) is 0 Å². The van der Waals surface area contributed by atoms with Gasteiger partial charge in [-0.05, 0) is 43.7 Å². The Bertz CT molecular complexity index is 261. The van der Waals surface area contributed by atoms with Crippen molar-refractivity contribution in [2.45, 2.75) is 26.2 Å². The van der Waals surface area contributed by atoms with Crippen LogP contribution < -0.4 is 0 Å². The van der Waals surface area contributed by atoms with Gasteiger partial charge in [-0.1, -0.05) is 23.8 Å². The Balaban J connectivity index is 2.43. The van der Waals surface area contributed by atoms with Crippen LogP contribution in [0.3, 0.4) is 0 Å². The molecule has 0 heterocycles. The SMILES string of the molecule is Cc1ccc2c(c1)[CH]CCC2. The first-order chi connectivity index (χ1) is 5.36. The fourth-order valence-electron chi connectivity index (χ4n) is 1.68. The molecule has 1 aromatic rings. The molecule has 0 aliphatic heterocycles. The van der Waals surface area contributed by atoms with E-state index >= 15 is 0 Å². The van der Waals surface area contributed by atoms with Crippen molar-refractivity contribution in [1.29, 1.82) is 0 Å². The highest BCUT2D eigenvalue weighted by Crippen LogP contribution is 2.23. The van der Waals surface area contributed by atoms with Gasteiger partial charge in [-0.15, -0.1) is 0 Å². The van der Waals surface area contributed by atoms with Crippen molar-refractivity contribution >= 4 is 0 Å². The molecule has 1 aliphatic rings. The Morgan fingerprint density at radius 1 is 1.27 bits per heavy atom. The maximum Gasteiger partial charge on any atom is -0.00900 e. The minimum Gasteiger partial charge on any atom is -0.0590 e. The number of hydrogen-bond donors (Lipinski definition) is 0. The minimum absolute atomic E-state index is 1.26. The Labute approximate surface area is 68.3 Å². The van der Waals surface area contributed by atoms with Crippen LogP contribution in [-0.2, 0) is 6.42 Å². The molecule has 1 radical (unpaired) electrons. The smallest absolute Gasteiger partial charge is 0.00900 e. The molecular weight excluding hydrogens is 132 g/mol. The van der Waals surface area contributed by atoms with Crippen LogP contribution in [0.1, 0.15) is 29.5 Å². The maximum absolute atomic E-state index is 2.35. The summed E-state index contributed by atoms with van der Waals surface area (Å²) >= 11 is 0. The highest BCUT2D eigenvalue weighted by molar-refractivity contribution is 5.38. The van der Waals surface area contributed by atoms with Gasteiger partial charge in [0.15, 0.2) is 0 Å². The zero-order chi connectivity index (χ0) is 7.68. The van der Waals surface area contributed by atoms with Crippen LogP contribution in [0.15, 0.2) is 18.2 Å².